The predicted octanol–water partition coefficient (Wildman–Crippen LogP) is 4.27. The van der Waals surface area contributed by atoms with Gasteiger partial charge in [0, 0.05) is 17.2 Å². The fourth-order valence-corrected chi connectivity index (χ4v) is 2.16. The van der Waals surface area contributed by atoms with Gasteiger partial charge in [-0.25, -0.2) is 0 Å². The number of hydrogen-bond donors (Lipinski definition) is 0. The van der Waals surface area contributed by atoms with E-state index in [0.717, 1.165) is 16.8 Å². The van der Waals surface area contributed by atoms with Gasteiger partial charge >= 0.3 is 0 Å². The number of hydrogen-bond acceptors (Lipinski definition) is 2. The molecule has 0 aliphatic carbocycles. The van der Waals surface area contributed by atoms with Crippen molar-refractivity contribution in [2.75, 3.05) is 25.1 Å². The zero-order chi connectivity index (χ0) is 13.7. The Hall–Kier alpha value is -1.48. The summed E-state index contributed by atoms with van der Waals surface area (Å²) in [5.41, 5.74) is 2.49. The van der Waals surface area contributed by atoms with Gasteiger partial charge in [0.15, 0.2) is 0 Å². The van der Waals surface area contributed by atoms with Crippen molar-refractivity contribution in [3.63, 3.8) is 0 Å². The van der Waals surface area contributed by atoms with Crippen molar-refractivity contribution in [1.29, 1.82) is 0 Å². The molecular formula is C16H18BrNO. The molecule has 0 N–H and O–H groups in total. The Bertz CT molecular complexity index is 525. The molecule has 0 amide bonds. The second kappa shape index (κ2) is 6.62. The molecule has 0 heterocycles. The van der Waals surface area contributed by atoms with E-state index in [2.05, 4.69) is 59.1 Å². The smallest absolute Gasteiger partial charge is 0.120 e. The molecule has 0 fully saturated rings. The summed E-state index contributed by atoms with van der Waals surface area (Å²) in [4.78, 5) is 2.19. The molecule has 2 rings (SSSR count). The van der Waals surface area contributed by atoms with E-state index in [9.17, 15) is 0 Å². The van der Waals surface area contributed by atoms with Crippen LogP contribution in [0.15, 0.2) is 53.0 Å². The Morgan fingerprint density at radius 2 is 1.84 bits per heavy atom. The Morgan fingerprint density at radius 3 is 2.53 bits per heavy atom. The molecular weight excluding hydrogens is 302 g/mol. The molecule has 100 valence electrons. The van der Waals surface area contributed by atoms with Crippen LogP contribution in [0.3, 0.4) is 0 Å². The van der Waals surface area contributed by atoms with Gasteiger partial charge in [-0.3, -0.25) is 0 Å². The Morgan fingerprint density at radius 1 is 1.11 bits per heavy atom. The lowest BCUT2D eigenvalue weighted by atomic mass is 10.2. The van der Waals surface area contributed by atoms with Gasteiger partial charge in [0.05, 0.1) is 6.54 Å². The second-order valence-corrected chi connectivity index (χ2v) is 5.48. The largest absolute Gasteiger partial charge is 0.492 e. The van der Waals surface area contributed by atoms with Crippen LogP contribution in [0.2, 0.25) is 0 Å². The third-order valence-corrected chi connectivity index (χ3v) is 3.46. The highest BCUT2D eigenvalue weighted by Gasteiger charge is 2.01. The standard InChI is InChI=1S/C16H18BrNO/c1-13-6-8-15(9-7-13)18(2)10-11-19-16-5-3-4-14(17)12-16/h3-9,12H,10-11H2,1-2H3. The van der Waals surface area contributed by atoms with Gasteiger partial charge in [-0.05, 0) is 37.3 Å². The number of rotatable bonds is 5. The maximum atomic E-state index is 5.73. The van der Waals surface area contributed by atoms with Gasteiger partial charge in [-0.2, -0.15) is 0 Å². The van der Waals surface area contributed by atoms with Crippen LogP contribution in [0.5, 0.6) is 5.75 Å². The van der Waals surface area contributed by atoms with Crippen LogP contribution in [0.4, 0.5) is 5.69 Å². The number of aryl methyl sites for hydroxylation is 1. The van der Waals surface area contributed by atoms with Crippen LogP contribution in [0.1, 0.15) is 5.56 Å². The summed E-state index contributed by atoms with van der Waals surface area (Å²) in [5, 5.41) is 0. The molecule has 19 heavy (non-hydrogen) atoms. The van der Waals surface area contributed by atoms with Crippen LogP contribution >= 0.6 is 15.9 Å². The van der Waals surface area contributed by atoms with Crippen LogP contribution in [0.25, 0.3) is 0 Å². The molecule has 0 spiro atoms. The van der Waals surface area contributed by atoms with E-state index in [4.69, 9.17) is 4.74 Å². The molecule has 0 saturated carbocycles. The maximum Gasteiger partial charge on any atom is 0.120 e. The quantitative estimate of drug-likeness (QED) is 0.816. The molecule has 0 unspecified atom stereocenters. The molecule has 0 aromatic heterocycles. The molecule has 0 saturated heterocycles. The lowest BCUT2D eigenvalue weighted by Crippen LogP contribution is -2.23. The van der Waals surface area contributed by atoms with E-state index >= 15 is 0 Å². The van der Waals surface area contributed by atoms with E-state index in [1.54, 1.807) is 0 Å². The SMILES string of the molecule is Cc1ccc(N(C)CCOc2cccc(Br)c2)cc1. The van der Waals surface area contributed by atoms with Crippen molar-refractivity contribution < 1.29 is 4.74 Å². The first-order valence-corrected chi connectivity index (χ1v) is 7.10. The molecule has 0 atom stereocenters. The molecule has 0 bridgehead atoms. The van der Waals surface area contributed by atoms with Gasteiger partial charge in [-0.1, -0.05) is 39.7 Å². The molecule has 2 aromatic carbocycles. The zero-order valence-electron chi connectivity index (χ0n) is 11.3. The summed E-state index contributed by atoms with van der Waals surface area (Å²) in [5.74, 6) is 0.895. The third-order valence-electron chi connectivity index (χ3n) is 2.97. The van der Waals surface area contributed by atoms with Crippen molar-refractivity contribution >= 4 is 21.6 Å². The predicted molar refractivity (Wildman–Crippen MR) is 84.1 cm³/mol. The van der Waals surface area contributed by atoms with Gasteiger partial charge in [0.1, 0.15) is 12.4 Å². The molecule has 2 nitrogen and oxygen atoms in total. The number of benzene rings is 2. The average molecular weight is 320 g/mol. The Labute approximate surface area is 123 Å². The first-order chi connectivity index (χ1) is 9.15. The lowest BCUT2D eigenvalue weighted by Gasteiger charge is -2.19. The second-order valence-electron chi connectivity index (χ2n) is 4.56. The van der Waals surface area contributed by atoms with E-state index in [-0.39, 0.29) is 0 Å². The van der Waals surface area contributed by atoms with Crippen LogP contribution in [-0.4, -0.2) is 20.2 Å². The van der Waals surface area contributed by atoms with Gasteiger partial charge in [0.2, 0.25) is 0 Å². The highest BCUT2D eigenvalue weighted by Crippen LogP contribution is 2.18. The van der Waals surface area contributed by atoms with Crippen molar-refractivity contribution in [2.45, 2.75) is 6.92 Å². The molecule has 2 aromatic rings. The minimum atomic E-state index is 0.667. The van der Waals surface area contributed by atoms with Gasteiger partial charge < -0.3 is 9.64 Å². The first-order valence-electron chi connectivity index (χ1n) is 6.31. The van der Waals surface area contributed by atoms with E-state index in [0.29, 0.717) is 6.61 Å². The minimum Gasteiger partial charge on any atom is -0.492 e. The molecule has 3 heteroatoms. The minimum absolute atomic E-state index is 0.667. The van der Waals surface area contributed by atoms with Crippen molar-refractivity contribution in [3.05, 3.63) is 58.6 Å². The van der Waals surface area contributed by atoms with Gasteiger partial charge in [0.25, 0.3) is 0 Å². The van der Waals surface area contributed by atoms with Crippen molar-refractivity contribution in [2.24, 2.45) is 0 Å². The summed E-state index contributed by atoms with van der Waals surface area (Å²) in [6.45, 7) is 3.62. The Balaban J connectivity index is 1.84. The maximum absolute atomic E-state index is 5.73. The summed E-state index contributed by atoms with van der Waals surface area (Å²) in [6.07, 6.45) is 0. The van der Waals surface area contributed by atoms with E-state index in [1.165, 1.54) is 11.3 Å². The highest BCUT2D eigenvalue weighted by molar-refractivity contribution is 9.10. The number of anilines is 1. The third kappa shape index (κ3) is 4.28. The van der Waals surface area contributed by atoms with Crippen LogP contribution < -0.4 is 9.64 Å². The van der Waals surface area contributed by atoms with Crippen LogP contribution in [-0.2, 0) is 0 Å². The molecule has 0 radical (unpaired) electrons. The number of likely N-dealkylation sites (N-methyl/N-ethyl adjacent to an activating group) is 1. The summed E-state index contributed by atoms with van der Waals surface area (Å²) in [7, 11) is 2.08. The number of ether oxygens (including phenoxy) is 1. The summed E-state index contributed by atoms with van der Waals surface area (Å²) >= 11 is 3.44. The highest BCUT2D eigenvalue weighted by atomic mass is 79.9. The fraction of sp³-hybridized carbons (Fsp3) is 0.250. The van der Waals surface area contributed by atoms with Crippen LogP contribution in [0, 0.1) is 6.92 Å². The number of nitrogens with zero attached hydrogens (tertiary/aromatic N) is 1. The normalized spacial score (nSPS) is 10.3. The van der Waals surface area contributed by atoms with E-state index in [1.807, 2.05) is 24.3 Å². The lowest BCUT2D eigenvalue weighted by molar-refractivity contribution is 0.326. The summed E-state index contributed by atoms with van der Waals surface area (Å²) < 4.78 is 6.77. The fourth-order valence-electron chi connectivity index (χ4n) is 1.79. The summed E-state index contributed by atoms with van der Waals surface area (Å²) in [6, 6.07) is 16.4. The molecule has 0 aliphatic heterocycles. The monoisotopic (exact) mass is 319 g/mol. The first kappa shape index (κ1) is 13.9. The average Bonchev–Trinajstić information content (AvgIpc) is 2.39. The topological polar surface area (TPSA) is 12.5 Å². The van der Waals surface area contributed by atoms with Crippen molar-refractivity contribution in [3.8, 4) is 5.75 Å². The van der Waals surface area contributed by atoms with E-state index < -0.39 is 0 Å². The zero-order valence-corrected chi connectivity index (χ0v) is 12.9. The molecule has 0 aliphatic rings. The number of halogens is 1. The Kier molecular flexibility index (Phi) is 4.86. The van der Waals surface area contributed by atoms with Gasteiger partial charge in [-0.15, -0.1) is 0 Å². The van der Waals surface area contributed by atoms with Crippen molar-refractivity contribution in [1.82, 2.24) is 0 Å².